The SMILES string of the molecule is COc1ccc(C2=[O+][B-](c3ccccc3)(c3ccccc3)C3=[NH+][N]C(Cl)=CC3=C2)cc1. The molecule has 151 valence electrons. The van der Waals surface area contributed by atoms with Crippen molar-refractivity contribution in [2.75, 3.05) is 7.11 Å². The van der Waals surface area contributed by atoms with E-state index < -0.39 is 6.35 Å². The van der Waals surface area contributed by atoms with E-state index in [4.69, 9.17) is 20.7 Å². The summed E-state index contributed by atoms with van der Waals surface area (Å²) in [5.41, 5.74) is 9.18. The Kier molecular flexibility index (Phi) is 4.96. The molecule has 0 amide bonds. The minimum Gasteiger partial charge on any atom is -0.522 e. The molecule has 2 aliphatic rings. The molecule has 0 bridgehead atoms. The standard InChI is InChI=1S/C25H20BClN2O2/c1-30-22-14-12-18(13-15-22)23-16-19-17-24(27)28-29-25(19)26(31-23,20-8-4-2-5-9-20)21-10-6-3-7-11-21/h2-17,29H,1H3/q+1. The van der Waals surface area contributed by atoms with Crippen molar-refractivity contribution in [1.29, 1.82) is 0 Å². The molecule has 0 unspecified atom stereocenters. The highest BCUT2D eigenvalue weighted by atomic mass is 35.5. The van der Waals surface area contributed by atoms with E-state index in [1.165, 1.54) is 0 Å². The fraction of sp³-hybridized carbons (Fsp3) is 0.0400. The van der Waals surface area contributed by atoms with E-state index in [9.17, 15) is 0 Å². The number of nitrogens with zero attached hydrogens (tertiary/aromatic N) is 1. The third kappa shape index (κ3) is 3.37. The van der Waals surface area contributed by atoms with Gasteiger partial charge in [-0.25, -0.2) is 0 Å². The molecule has 0 fully saturated rings. The van der Waals surface area contributed by atoms with Gasteiger partial charge in [0.05, 0.1) is 12.7 Å². The van der Waals surface area contributed by atoms with E-state index in [0.717, 1.165) is 39.2 Å². The quantitative estimate of drug-likeness (QED) is 0.386. The van der Waals surface area contributed by atoms with E-state index in [1.807, 2.05) is 72.8 Å². The number of halogens is 1. The molecule has 0 saturated heterocycles. The number of hydrogen-bond acceptors (Lipinski definition) is 1. The number of nitrogens with one attached hydrogen (secondary N) is 1. The number of methoxy groups -OCH3 is 1. The van der Waals surface area contributed by atoms with Gasteiger partial charge in [-0.05, 0) is 30.3 Å². The normalized spacial score (nSPS) is 16.7. The lowest BCUT2D eigenvalue weighted by molar-refractivity contribution is -0.520. The minimum absolute atomic E-state index is 0.400. The predicted octanol–water partition coefficient (Wildman–Crippen LogP) is 1.79. The summed E-state index contributed by atoms with van der Waals surface area (Å²) in [5, 5.41) is 3.59. The first-order chi connectivity index (χ1) is 15.2. The number of allylic oxidation sites excluding steroid dienone is 3. The number of ketones is 1. The van der Waals surface area contributed by atoms with Crippen LogP contribution in [0.15, 0.2) is 108 Å². The molecule has 5 rings (SSSR count). The van der Waals surface area contributed by atoms with E-state index in [-0.39, 0.29) is 0 Å². The first-order valence-corrected chi connectivity index (χ1v) is 10.5. The average molecular weight is 427 g/mol. The van der Waals surface area contributed by atoms with Crippen LogP contribution in [-0.2, 0) is 0 Å². The largest absolute Gasteiger partial charge is 0.550 e. The lowest BCUT2D eigenvalue weighted by Gasteiger charge is -2.29. The lowest BCUT2D eigenvalue weighted by atomic mass is 9.27. The zero-order valence-electron chi connectivity index (χ0n) is 17.0. The first-order valence-electron chi connectivity index (χ1n) is 10.1. The molecule has 2 heterocycles. The van der Waals surface area contributed by atoms with Crippen molar-refractivity contribution in [3.05, 3.63) is 113 Å². The van der Waals surface area contributed by atoms with Crippen molar-refractivity contribution in [2.45, 2.75) is 0 Å². The minimum atomic E-state index is -1.82. The van der Waals surface area contributed by atoms with Gasteiger partial charge in [-0.2, -0.15) is 0 Å². The van der Waals surface area contributed by atoms with E-state index in [2.05, 4.69) is 34.8 Å². The third-order valence-electron chi connectivity index (χ3n) is 5.78. The molecule has 31 heavy (non-hydrogen) atoms. The molecule has 2 aliphatic heterocycles. The second-order valence-corrected chi connectivity index (χ2v) is 7.91. The zero-order chi connectivity index (χ0) is 21.3. The summed E-state index contributed by atoms with van der Waals surface area (Å²) in [5.74, 6) is 1.56. The highest BCUT2D eigenvalue weighted by Crippen LogP contribution is 2.24. The van der Waals surface area contributed by atoms with Crippen LogP contribution in [0, 0.1) is 0 Å². The van der Waals surface area contributed by atoms with Gasteiger partial charge >= 0.3 is 6.35 Å². The Morgan fingerprint density at radius 3 is 2.03 bits per heavy atom. The maximum Gasteiger partial charge on any atom is 0.550 e. The molecule has 0 atom stereocenters. The molecule has 6 heteroatoms. The van der Waals surface area contributed by atoms with Crippen LogP contribution in [0.25, 0.3) is 0 Å². The maximum atomic E-state index is 6.94. The summed E-state index contributed by atoms with van der Waals surface area (Å²) in [7, 11) is 1.66. The van der Waals surface area contributed by atoms with Crippen LogP contribution in [0.2, 0.25) is 0 Å². The topological polar surface area (TPSA) is 48.6 Å². The smallest absolute Gasteiger partial charge is 0.522 e. The number of hydrogen-bond donors (Lipinski definition) is 1. The van der Waals surface area contributed by atoms with Crippen molar-refractivity contribution in [1.82, 2.24) is 5.43 Å². The average Bonchev–Trinajstić information content (AvgIpc) is 2.84. The molecule has 3 aromatic rings. The van der Waals surface area contributed by atoms with Crippen molar-refractivity contribution < 1.29 is 14.2 Å². The molecule has 0 aromatic heterocycles. The van der Waals surface area contributed by atoms with Crippen LogP contribution in [0.3, 0.4) is 0 Å². The van der Waals surface area contributed by atoms with E-state index >= 15 is 0 Å². The summed E-state index contributed by atoms with van der Waals surface area (Å²) >= 11 is 6.27. The Hall–Kier alpha value is -3.57. The molecule has 1 N–H and O–H groups in total. The number of ether oxygens (including phenoxy) is 1. The molecular formula is C25H20BClN2O2+. The fourth-order valence-corrected chi connectivity index (χ4v) is 4.46. The van der Waals surface area contributed by atoms with Crippen LogP contribution < -0.4 is 26.2 Å². The van der Waals surface area contributed by atoms with Crippen molar-refractivity contribution in [2.24, 2.45) is 0 Å². The Morgan fingerprint density at radius 2 is 1.45 bits per heavy atom. The van der Waals surface area contributed by atoms with Crippen LogP contribution in [-0.4, -0.2) is 24.9 Å². The fourth-order valence-electron chi connectivity index (χ4n) is 4.30. The number of fused-ring (bicyclic) bond motifs is 1. The monoisotopic (exact) mass is 426 g/mol. The lowest BCUT2D eigenvalue weighted by Crippen LogP contribution is -2.88. The van der Waals surface area contributed by atoms with Crippen molar-refractivity contribution in [3.63, 3.8) is 0 Å². The molecule has 0 spiro atoms. The van der Waals surface area contributed by atoms with Crippen LogP contribution in [0.5, 0.6) is 5.75 Å². The molecule has 0 saturated carbocycles. The van der Waals surface area contributed by atoms with Crippen molar-refractivity contribution in [3.8, 4) is 5.75 Å². The van der Waals surface area contributed by atoms with Gasteiger partial charge in [0.25, 0.3) is 5.78 Å². The summed E-state index contributed by atoms with van der Waals surface area (Å²) in [4.78, 5) is 0. The van der Waals surface area contributed by atoms with Gasteiger partial charge in [0.2, 0.25) is 0 Å². The number of rotatable bonds is 4. The summed E-state index contributed by atoms with van der Waals surface area (Å²) in [6, 6.07) is 28.4. The Bertz CT molecular complexity index is 1190. The second-order valence-electron chi connectivity index (χ2n) is 7.52. The Morgan fingerprint density at radius 1 is 0.839 bits per heavy atom. The van der Waals surface area contributed by atoms with Gasteiger partial charge in [0.15, 0.2) is 10.8 Å². The van der Waals surface area contributed by atoms with Crippen LogP contribution in [0.4, 0.5) is 0 Å². The van der Waals surface area contributed by atoms with Gasteiger partial charge in [0, 0.05) is 17.1 Å². The van der Waals surface area contributed by atoms with Crippen LogP contribution >= 0.6 is 11.6 Å². The molecular weight excluding hydrogens is 407 g/mol. The molecule has 4 nitrogen and oxygen atoms in total. The summed E-state index contributed by atoms with van der Waals surface area (Å²) in [6.45, 7) is 0. The van der Waals surface area contributed by atoms with Gasteiger partial charge in [-0.1, -0.05) is 83.2 Å². The van der Waals surface area contributed by atoms with E-state index in [1.54, 1.807) is 7.11 Å². The predicted molar refractivity (Wildman–Crippen MR) is 125 cm³/mol. The van der Waals surface area contributed by atoms with Crippen LogP contribution in [0.1, 0.15) is 9.91 Å². The van der Waals surface area contributed by atoms with E-state index in [0.29, 0.717) is 5.16 Å². The summed E-state index contributed by atoms with van der Waals surface area (Å²) in [6.07, 6.45) is 2.06. The maximum absolute atomic E-state index is 6.94. The Labute approximate surface area is 186 Å². The number of benzene rings is 3. The first kappa shape index (κ1) is 19.4. The van der Waals surface area contributed by atoms with Gasteiger partial charge in [-0.15, -0.1) is 5.10 Å². The molecule has 1 radical (unpaired) electrons. The van der Waals surface area contributed by atoms with Gasteiger partial charge in [-0.3, -0.25) is 0 Å². The zero-order valence-corrected chi connectivity index (χ0v) is 17.7. The number of carbonyl (C=O) groups excluding carboxylic acids is 1. The summed E-state index contributed by atoms with van der Waals surface area (Å²) < 4.78 is 12.3. The molecule has 0 aliphatic carbocycles. The second kappa shape index (κ2) is 7.93. The molecule has 3 aromatic carbocycles. The Balaban J connectivity index is 1.80. The highest BCUT2D eigenvalue weighted by molar-refractivity contribution is 7.19. The van der Waals surface area contributed by atoms with Crippen molar-refractivity contribution >= 4 is 40.3 Å². The van der Waals surface area contributed by atoms with Gasteiger partial charge < -0.3 is 9.08 Å². The third-order valence-corrected chi connectivity index (χ3v) is 5.97. The van der Waals surface area contributed by atoms with Gasteiger partial charge in [0.1, 0.15) is 5.75 Å². The highest BCUT2D eigenvalue weighted by Gasteiger charge is 2.57.